The van der Waals surface area contributed by atoms with Crippen LogP contribution in [0, 0.1) is 6.92 Å². The molecule has 2 aliphatic heterocycles. The lowest BCUT2D eigenvalue weighted by Gasteiger charge is -2.11. The molecule has 18 heteroatoms. The highest BCUT2D eigenvalue weighted by atomic mass is 79.9. The van der Waals surface area contributed by atoms with Gasteiger partial charge >= 0.3 is 5.97 Å². The standard InChI is InChI=1S/C16H14Cl2O.C16H15NO3.C15H16O2.C13H12BrN3.C9H16OS2.C7H7NO.CH4/c1-11(19)9-12-5-2-3-6-13(12)10-14-15(17)7-4-8-16(14)18;1-10-5-7-11(8-6-10)16(20)13-4-2-3-12(15(13)17)9-14(18)19;1-10(11(2)16)12-4-5-14-9-15(17-3)7-6-13(14)8-12;14-12-9(8-10-2-1-5-15-10)3-4-11-13(12)17-7-6-16-11;1-8(10)4-2-3-5-9-6-7-11-12-9;1-6(9)7-3-2-4-8-5-7;/h2-8H,9-10H2,1H3;2-8H,9,17H2,1H3,(H,18,19);4-10H,1-3H3;3-4,6-7H,1-2,5,8H2;9H,2-7H2,1H3;2-5H,1H3;1H4/t;;10-;;9-;;/m..1.1../s1. The molecule has 0 aliphatic carbocycles. The number of anilines is 1. The number of ether oxygens (including phenoxy) is 1. The Balaban J connectivity index is 0.000000209. The van der Waals surface area contributed by atoms with Crippen LogP contribution in [0.1, 0.15) is 158 Å². The largest absolute Gasteiger partial charge is 0.497 e. The number of methoxy groups -OCH3 is 1. The first-order chi connectivity index (χ1) is 45.1. The second-order valence-corrected chi connectivity index (χ2v) is 27.1. The number of pyridine rings is 1. The Kier molecular flexibility index (Phi) is 33.2. The van der Waals surface area contributed by atoms with Gasteiger partial charge in [0, 0.05) is 117 Å². The van der Waals surface area contributed by atoms with Crippen molar-refractivity contribution in [1.29, 1.82) is 0 Å². The number of hydrogen-bond donors (Lipinski definition) is 2. The Morgan fingerprint density at radius 3 is 2.01 bits per heavy atom. The highest BCUT2D eigenvalue weighted by Gasteiger charge is 2.18. The molecule has 95 heavy (non-hydrogen) atoms. The zero-order valence-electron chi connectivity index (χ0n) is 54.1. The summed E-state index contributed by atoms with van der Waals surface area (Å²) < 4.78 is 6.24. The van der Waals surface area contributed by atoms with Crippen molar-refractivity contribution in [3.05, 3.63) is 241 Å². The second-order valence-electron chi connectivity index (χ2n) is 22.7. The smallest absolute Gasteiger partial charge is 0.307 e. The molecule has 3 N–H and O–H groups in total. The Morgan fingerprint density at radius 2 is 1.40 bits per heavy atom. The predicted molar refractivity (Wildman–Crippen MR) is 398 cm³/mol. The maximum atomic E-state index is 12.4. The first-order valence-corrected chi connectivity index (χ1v) is 34.9. The number of benzene rings is 7. The molecule has 1 saturated heterocycles. The van der Waals surface area contributed by atoms with Crippen LogP contribution in [0.15, 0.2) is 180 Å². The van der Waals surface area contributed by atoms with Crippen molar-refractivity contribution in [2.45, 2.75) is 131 Å². The summed E-state index contributed by atoms with van der Waals surface area (Å²) >= 11 is 16.0. The van der Waals surface area contributed by atoms with Gasteiger partial charge in [0.25, 0.3) is 0 Å². The van der Waals surface area contributed by atoms with Crippen LogP contribution in [-0.4, -0.2) is 85.3 Å². The quantitative estimate of drug-likeness (QED) is 0.0334. The highest BCUT2D eigenvalue weighted by molar-refractivity contribution is 9.10. The van der Waals surface area contributed by atoms with E-state index in [1.54, 1.807) is 95.1 Å². The van der Waals surface area contributed by atoms with Crippen LogP contribution in [0.4, 0.5) is 5.69 Å². The Labute approximate surface area is 585 Å². The van der Waals surface area contributed by atoms with E-state index in [-0.39, 0.29) is 48.6 Å². The number of aromatic nitrogens is 3. The molecule has 1 fully saturated rings. The molecule has 0 saturated carbocycles. The van der Waals surface area contributed by atoms with Gasteiger partial charge < -0.3 is 20.4 Å². The van der Waals surface area contributed by atoms with Crippen molar-refractivity contribution in [2.24, 2.45) is 4.99 Å². The summed E-state index contributed by atoms with van der Waals surface area (Å²) in [5.41, 5.74) is 17.7. The number of carboxylic acid groups (broad SMARTS) is 1. The van der Waals surface area contributed by atoms with Crippen molar-refractivity contribution in [3.63, 3.8) is 0 Å². The number of fused-ring (bicyclic) bond motifs is 2. The van der Waals surface area contributed by atoms with E-state index in [4.69, 9.17) is 38.8 Å². The normalized spacial score (nSPS) is 12.9. The molecule has 2 atom stereocenters. The van der Waals surface area contributed by atoms with E-state index >= 15 is 0 Å². The highest BCUT2D eigenvalue weighted by Crippen LogP contribution is 2.40. The number of ketones is 5. The number of nitrogen functional groups attached to an aromatic ring is 1. The number of aliphatic carboxylic acids is 1. The van der Waals surface area contributed by atoms with E-state index in [1.807, 2.05) is 126 Å². The number of para-hydroxylation sites is 1. The third-order valence-corrected chi connectivity index (χ3v) is 20.0. The maximum Gasteiger partial charge on any atom is 0.307 e. The summed E-state index contributed by atoms with van der Waals surface area (Å²) in [6.07, 6.45) is 16.6. The van der Waals surface area contributed by atoms with Crippen LogP contribution in [0.3, 0.4) is 0 Å². The molecule has 0 amide bonds. The molecule has 11 rings (SSSR count). The van der Waals surface area contributed by atoms with Gasteiger partial charge in [0.15, 0.2) is 11.6 Å². The predicted octanol–water partition coefficient (Wildman–Crippen LogP) is 19.1. The Bertz CT molecular complexity index is 4050. The molecule has 0 unspecified atom stereocenters. The number of hydrogen-bond acceptors (Lipinski definition) is 14. The minimum absolute atomic E-state index is 0. The minimum atomic E-state index is -0.975. The third kappa shape index (κ3) is 25.7. The molecule has 0 radical (unpaired) electrons. The molecule has 0 bridgehead atoms. The number of aryl methyl sites for hydroxylation is 1. The van der Waals surface area contributed by atoms with Crippen LogP contribution in [0.5, 0.6) is 5.75 Å². The van der Waals surface area contributed by atoms with Crippen LogP contribution in [-0.2, 0) is 44.9 Å². The number of rotatable bonds is 19. The molecule has 13 nitrogen and oxygen atoms in total. The molecule has 7 aromatic carbocycles. The summed E-state index contributed by atoms with van der Waals surface area (Å²) in [6, 6.07) is 45.1. The average molecular weight is 1420 g/mol. The molecule has 4 heterocycles. The maximum absolute atomic E-state index is 12.4. The molecular formula is C77H84BrCl2N5O8S2. The molecule has 0 spiro atoms. The van der Waals surface area contributed by atoms with Gasteiger partial charge in [-0.3, -0.25) is 43.9 Å². The van der Waals surface area contributed by atoms with E-state index in [0.717, 1.165) is 97.3 Å². The van der Waals surface area contributed by atoms with Crippen LogP contribution >= 0.6 is 60.7 Å². The first-order valence-electron chi connectivity index (χ1n) is 31.0. The molecule has 2 aromatic heterocycles. The summed E-state index contributed by atoms with van der Waals surface area (Å²) in [7, 11) is 5.69. The zero-order chi connectivity index (χ0) is 68.1. The number of unbranched alkanes of at least 4 members (excludes halogenated alkanes) is 1. The van der Waals surface area contributed by atoms with E-state index in [9.17, 15) is 28.8 Å². The second kappa shape index (κ2) is 40.5. The SMILES string of the molecule is Brc1c(CC2=NCCC2)ccc2nccnc12.C.CC(=O)CCCC[C@@H]1CCSS1.CC(=O)Cc1ccccc1Cc1c(Cl)cccc1Cl.CC(=O)c1cccnc1.COc1ccc2cc([C@H](C)C(C)=O)ccc2c1.Cc1ccc(C(=O)c2cccc(CC(=O)O)c2N)cc1. The molecule has 2 aliphatic rings. The molecular weight excluding hydrogens is 1340 g/mol. The fraction of sp³-hybridized carbons (Fsp3) is 0.299. The number of Topliss-reactive ketones (excluding diaryl/α,β-unsaturated/α-hetero) is 4. The van der Waals surface area contributed by atoms with Crippen molar-refractivity contribution in [3.8, 4) is 5.75 Å². The lowest BCUT2D eigenvalue weighted by Crippen LogP contribution is -2.10. The fourth-order valence-corrected chi connectivity index (χ4v) is 14.1. The third-order valence-electron chi connectivity index (χ3n) is 15.4. The molecule has 9 aromatic rings. The minimum Gasteiger partial charge on any atom is -0.497 e. The summed E-state index contributed by atoms with van der Waals surface area (Å²) in [4.78, 5) is 84.0. The van der Waals surface area contributed by atoms with Gasteiger partial charge in [-0.2, -0.15) is 0 Å². The number of nitrogens with two attached hydrogens (primary N) is 1. The number of aliphatic imine (C=N–C) groups is 1. The van der Waals surface area contributed by atoms with E-state index in [1.165, 1.54) is 49.6 Å². The average Bonchev–Trinajstić information content (AvgIpc) is 1.06. The summed E-state index contributed by atoms with van der Waals surface area (Å²) in [6.45, 7) is 11.3. The number of carboxylic acids is 1. The number of carbonyl (C=O) groups is 6. The van der Waals surface area contributed by atoms with Crippen LogP contribution < -0.4 is 10.5 Å². The van der Waals surface area contributed by atoms with E-state index in [0.29, 0.717) is 50.9 Å². The Morgan fingerprint density at radius 1 is 0.716 bits per heavy atom. The van der Waals surface area contributed by atoms with Gasteiger partial charge in [0.2, 0.25) is 0 Å². The first kappa shape index (κ1) is 77.8. The lowest BCUT2D eigenvalue weighted by atomic mass is 9.95. The lowest BCUT2D eigenvalue weighted by molar-refractivity contribution is -0.136. The van der Waals surface area contributed by atoms with Gasteiger partial charge in [-0.05, 0) is 175 Å². The van der Waals surface area contributed by atoms with Crippen molar-refractivity contribution >= 4 is 129 Å². The number of nitrogens with zero attached hydrogens (tertiary/aromatic N) is 4. The van der Waals surface area contributed by atoms with Crippen molar-refractivity contribution < 1.29 is 38.6 Å². The summed E-state index contributed by atoms with van der Waals surface area (Å²) in [5.74, 6) is 1.70. The number of halogens is 3. The Hall–Kier alpha value is -7.86. The van der Waals surface area contributed by atoms with Crippen molar-refractivity contribution in [2.75, 3.05) is 25.1 Å². The topological polar surface area (TPSA) is 209 Å². The van der Waals surface area contributed by atoms with Gasteiger partial charge in [-0.25, -0.2) is 0 Å². The monoisotopic (exact) mass is 1420 g/mol. The van der Waals surface area contributed by atoms with Crippen molar-refractivity contribution in [1.82, 2.24) is 15.0 Å². The van der Waals surface area contributed by atoms with Gasteiger partial charge in [0.05, 0.1) is 19.0 Å². The van der Waals surface area contributed by atoms with Gasteiger partial charge in [0.1, 0.15) is 28.6 Å². The van der Waals surface area contributed by atoms with E-state index < -0.39 is 5.97 Å². The van der Waals surface area contributed by atoms with Crippen LogP contribution in [0.2, 0.25) is 10.0 Å². The van der Waals surface area contributed by atoms with Crippen LogP contribution in [0.25, 0.3) is 21.8 Å². The fourth-order valence-electron chi connectivity index (χ4n) is 9.95. The van der Waals surface area contributed by atoms with Gasteiger partial charge in [-0.1, -0.05) is 168 Å². The van der Waals surface area contributed by atoms with E-state index in [2.05, 4.69) is 48.0 Å². The molecule has 498 valence electrons. The number of carbonyl (C=O) groups excluding carboxylic acids is 5. The zero-order valence-corrected chi connectivity index (χ0v) is 58.9. The summed E-state index contributed by atoms with van der Waals surface area (Å²) in [5, 5.41) is 13.3. The van der Waals surface area contributed by atoms with Gasteiger partial charge in [-0.15, -0.1) is 0 Å².